The maximum Gasteiger partial charge on any atom is 0.0623 e. The Morgan fingerprint density at radius 1 is 1.29 bits per heavy atom. The van der Waals surface area contributed by atoms with E-state index in [4.69, 9.17) is 0 Å². The molecule has 2 heterocycles. The molecule has 2 aromatic heterocycles. The van der Waals surface area contributed by atoms with Crippen molar-refractivity contribution in [3.05, 3.63) is 46.1 Å². The van der Waals surface area contributed by atoms with Crippen molar-refractivity contribution in [2.75, 3.05) is 0 Å². The molecule has 2 aromatic rings. The minimum atomic E-state index is 0.924. The first kappa shape index (κ1) is 9.64. The van der Waals surface area contributed by atoms with E-state index in [1.807, 2.05) is 41.6 Å². The van der Waals surface area contributed by atoms with E-state index in [0.29, 0.717) is 0 Å². The zero-order valence-electron chi connectivity index (χ0n) is 7.60. The fourth-order valence-corrected chi connectivity index (χ4v) is 1.70. The molecule has 0 atom stereocenters. The van der Waals surface area contributed by atoms with Gasteiger partial charge in [0.2, 0.25) is 0 Å². The van der Waals surface area contributed by atoms with E-state index >= 15 is 0 Å². The van der Waals surface area contributed by atoms with Gasteiger partial charge < -0.3 is 0 Å². The monoisotopic (exact) mass is 299 g/mol. The average Bonchev–Trinajstić information content (AvgIpc) is 2.63. The number of hydrogen-bond donors (Lipinski definition) is 0. The lowest BCUT2D eigenvalue weighted by atomic mass is 10.2. The van der Waals surface area contributed by atoms with Crippen molar-refractivity contribution in [1.29, 1.82) is 0 Å². The van der Waals surface area contributed by atoms with Gasteiger partial charge in [0, 0.05) is 25.1 Å². The van der Waals surface area contributed by atoms with Crippen LogP contribution >= 0.6 is 22.6 Å². The lowest BCUT2D eigenvalue weighted by Crippen LogP contribution is -2.01. The van der Waals surface area contributed by atoms with Crippen molar-refractivity contribution in [2.45, 2.75) is 13.0 Å². The van der Waals surface area contributed by atoms with Gasteiger partial charge in [0.25, 0.3) is 0 Å². The highest BCUT2D eigenvalue weighted by Gasteiger charge is 1.96. The van der Waals surface area contributed by atoms with E-state index in [1.54, 1.807) is 0 Å². The molecule has 0 amide bonds. The molecule has 0 aromatic carbocycles. The third kappa shape index (κ3) is 2.54. The second kappa shape index (κ2) is 4.54. The summed E-state index contributed by atoms with van der Waals surface area (Å²) in [6.45, 7) is 0.924. The van der Waals surface area contributed by atoms with Crippen LogP contribution in [0.4, 0.5) is 0 Å². The fraction of sp³-hybridized carbons (Fsp3) is 0.200. The van der Waals surface area contributed by atoms with E-state index in [-0.39, 0.29) is 0 Å². The van der Waals surface area contributed by atoms with Crippen LogP contribution in [-0.4, -0.2) is 14.8 Å². The normalized spacial score (nSPS) is 10.4. The number of halogens is 1. The van der Waals surface area contributed by atoms with Gasteiger partial charge in [0.05, 0.1) is 9.77 Å². The summed E-state index contributed by atoms with van der Waals surface area (Å²) in [6, 6.07) is 4.07. The maximum atomic E-state index is 4.22. The van der Waals surface area contributed by atoms with E-state index in [0.717, 1.165) is 13.0 Å². The lowest BCUT2D eigenvalue weighted by molar-refractivity contribution is 0.614. The predicted molar refractivity (Wildman–Crippen MR) is 62.9 cm³/mol. The Balaban J connectivity index is 1.95. The van der Waals surface area contributed by atoms with Crippen LogP contribution in [0.3, 0.4) is 0 Å². The molecule has 72 valence electrons. The summed E-state index contributed by atoms with van der Waals surface area (Å²) >= 11 is 2.26. The van der Waals surface area contributed by atoms with Crippen LogP contribution in [0.5, 0.6) is 0 Å². The van der Waals surface area contributed by atoms with Crippen molar-refractivity contribution in [3.63, 3.8) is 0 Å². The molecule has 0 saturated carbocycles. The molecule has 0 aliphatic carbocycles. The molecule has 0 fully saturated rings. The molecular weight excluding hydrogens is 289 g/mol. The van der Waals surface area contributed by atoms with E-state index in [1.165, 1.54) is 9.13 Å². The maximum absolute atomic E-state index is 4.22. The van der Waals surface area contributed by atoms with Crippen LogP contribution in [0.2, 0.25) is 0 Å². The number of hydrogen-bond acceptors (Lipinski definition) is 2. The first-order valence-electron chi connectivity index (χ1n) is 4.41. The van der Waals surface area contributed by atoms with Gasteiger partial charge in [0.1, 0.15) is 0 Å². The van der Waals surface area contributed by atoms with E-state index in [9.17, 15) is 0 Å². The Hall–Kier alpha value is -0.910. The van der Waals surface area contributed by atoms with Crippen LogP contribution < -0.4 is 0 Å². The molecular formula is C10H10IN3. The van der Waals surface area contributed by atoms with Gasteiger partial charge in [-0.3, -0.25) is 9.67 Å². The van der Waals surface area contributed by atoms with Gasteiger partial charge in [-0.05, 0) is 46.7 Å². The molecule has 0 aliphatic rings. The Kier molecular flexibility index (Phi) is 3.13. The van der Waals surface area contributed by atoms with Crippen LogP contribution in [0.15, 0.2) is 36.9 Å². The summed E-state index contributed by atoms with van der Waals surface area (Å²) in [4.78, 5) is 3.98. The molecule has 3 nitrogen and oxygen atoms in total. The first-order chi connectivity index (χ1) is 6.84. The van der Waals surface area contributed by atoms with E-state index < -0.39 is 0 Å². The molecule has 0 N–H and O–H groups in total. The Bertz CT molecular complexity index is 397. The summed E-state index contributed by atoms with van der Waals surface area (Å²) in [7, 11) is 0. The van der Waals surface area contributed by atoms with E-state index in [2.05, 4.69) is 32.7 Å². The van der Waals surface area contributed by atoms with Gasteiger partial charge in [0.15, 0.2) is 0 Å². The SMILES string of the molecule is Ic1cnn(CCc2ccncc2)c1. The molecule has 0 spiro atoms. The summed E-state index contributed by atoms with van der Waals surface area (Å²) < 4.78 is 3.14. The third-order valence-corrected chi connectivity index (χ3v) is 2.54. The molecule has 14 heavy (non-hydrogen) atoms. The van der Waals surface area contributed by atoms with Gasteiger partial charge in [-0.25, -0.2) is 0 Å². The van der Waals surface area contributed by atoms with Crippen LogP contribution in [0.25, 0.3) is 0 Å². The molecule has 0 radical (unpaired) electrons. The highest BCUT2D eigenvalue weighted by atomic mass is 127. The van der Waals surface area contributed by atoms with Gasteiger partial charge in [-0.1, -0.05) is 0 Å². The van der Waals surface area contributed by atoms with Crippen LogP contribution in [-0.2, 0) is 13.0 Å². The Morgan fingerprint density at radius 2 is 2.07 bits per heavy atom. The predicted octanol–water partition coefficient (Wildman–Crippen LogP) is 2.13. The van der Waals surface area contributed by atoms with Crippen molar-refractivity contribution < 1.29 is 0 Å². The first-order valence-corrected chi connectivity index (χ1v) is 5.49. The molecule has 4 heteroatoms. The van der Waals surface area contributed by atoms with Crippen molar-refractivity contribution >= 4 is 22.6 Å². The number of aromatic nitrogens is 3. The summed E-state index contributed by atoms with van der Waals surface area (Å²) in [5, 5.41) is 4.22. The van der Waals surface area contributed by atoms with Crippen LogP contribution in [0, 0.1) is 3.57 Å². The quantitative estimate of drug-likeness (QED) is 0.813. The largest absolute Gasteiger partial charge is 0.271 e. The minimum absolute atomic E-state index is 0.924. The van der Waals surface area contributed by atoms with Crippen LogP contribution in [0.1, 0.15) is 5.56 Å². The second-order valence-electron chi connectivity index (χ2n) is 3.03. The minimum Gasteiger partial charge on any atom is -0.271 e. The molecule has 0 saturated heterocycles. The number of pyridine rings is 1. The van der Waals surface area contributed by atoms with Crippen molar-refractivity contribution in [1.82, 2.24) is 14.8 Å². The lowest BCUT2D eigenvalue weighted by Gasteiger charge is -2.00. The third-order valence-electron chi connectivity index (χ3n) is 1.98. The zero-order chi connectivity index (χ0) is 9.80. The molecule has 0 aliphatic heterocycles. The van der Waals surface area contributed by atoms with Gasteiger partial charge in [-0.15, -0.1) is 0 Å². The smallest absolute Gasteiger partial charge is 0.0623 e. The number of rotatable bonds is 3. The fourth-order valence-electron chi connectivity index (χ4n) is 1.25. The van der Waals surface area contributed by atoms with Crippen molar-refractivity contribution in [3.8, 4) is 0 Å². The second-order valence-corrected chi connectivity index (χ2v) is 4.27. The van der Waals surface area contributed by atoms with Gasteiger partial charge in [-0.2, -0.15) is 5.10 Å². The van der Waals surface area contributed by atoms with Gasteiger partial charge >= 0.3 is 0 Å². The molecule has 2 rings (SSSR count). The van der Waals surface area contributed by atoms with Crippen molar-refractivity contribution in [2.24, 2.45) is 0 Å². The highest BCUT2D eigenvalue weighted by molar-refractivity contribution is 14.1. The summed E-state index contributed by atoms with van der Waals surface area (Å²) in [5.74, 6) is 0. The number of aryl methyl sites for hydroxylation is 2. The standard InChI is InChI=1S/C10H10IN3/c11-10-7-13-14(8-10)6-3-9-1-4-12-5-2-9/h1-2,4-5,7-8H,3,6H2. The molecule has 0 unspecified atom stereocenters. The Labute approximate surface area is 96.3 Å². The summed E-state index contributed by atoms with van der Waals surface area (Å²) in [5.41, 5.74) is 1.30. The molecule has 0 bridgehead atoms. The topological polar surface area (TPSA) is 30.7 Å². The highest BCUT2D eigenvalue weighted by Crippen LogP contribution is 2.03. The number of nitrogens with zero attached hydrogens (tertiary/aromatic N) is 3. The summed E-state index contributed by atoms with van der Waals surface area (Å²) in [6.07, 6.45) is 8.56. The average molecular weight is 299 g/mol. The Morgan fingerprint density at radius 3 is 2.71 bits per heavy atom. The zero-order valence-corrected chi connectivity index (χ0v) is 9.76.